The predicted octanol–water partition coefficient (Wildman–Crippen LogP) is 3.55. The van der Waals surface area contributed by atoms with Gasteiger partial charge in [0.05, 0.1) is 0 Å². The molecular weight excluding hydrogens is 190 g/mol. The van der Waals surface area contributed by atoms with Crippen molar-refractivity contribution in [1.82, 2.24) is 0 Å². The Morgan fingerprint density at radius 1 is 1.10 bits per heavy atom. The molecule has 0 atom stereocenters. The van der Waals surface area contributed by atoms with Crippen molar-refractivity contribution < 1.29 is 4.89 Å². The van der Waals surface area contributed by atoms with Crippen LogP contribution in [0.1, 0.15) is 32.1 Å². The molecule has 0 aromatic rings. The van der Waals surface area contributed by atoms with E-state index in [2.05, 4.69) is 0 Å². The molecular formula is C6H12Cl2OP+. The average molecular weight is 202 g/mol. The highest BCUT2D eigenvalue weighted by Gasteiger charge is 2.43. The standard InChI is InChI=1S/C6H12Cl2OP/c7-10(8,9)6-4-2-1-3-5-6/h6,9H,1-5H2/q+1. The second-order valence-electron chi connectivity index (χ2n) is 2.82. The van der Waals surface area contributed by atoms with Crippen molar-refractivity contribution in [1.29, 1.82) is 0 Å². The summed E-state index contributed by atoms with van der Waals surface area (Å²) >= 11 is 11.3. The van der Waals surface area contributed by atoms with Crippen molar-refractivity contribution in [3.8, 4) is 0 Å². The Kier molecular flexibility index (Phi) is 3.24. The van der Waals surface area contributed by atoms with Gasteiger partial charge in [0.25, 0.3) is 0 Å². The molecule has 1 N–H and O–H groups in total. The van der Waals surface area contributed by atoms with Crippen LogP contribution >= 0.6 is 28.7 Å². The van der Waals surface area contributed by atoms with Gasteiger partial charge in [0.1, 0.15) is 28.1 Å². The summed E-state index contributed by atoms with van der Waals surface area (Å²) in [5.41, 5.74) is 0.199. The molecule has 0 radical (unpaired) electrons. The van der Waals surface area contributed by atoms with Gasteiger partial charge < -0.3 is 0 Å². The fourth-order valence-corrected chi connectivity index (χ4v) is 3.55. The van der Waals surface area contributed by atoms with Gasteiger partial charge in [-0.15, -0.1) is 0 Å². The van der Waals surface area contributed by atoms with E-state index in [9.17, 15) is 4.89 Å². The summed E-state index contributed by atoms with van der Waals surface area (Å²) in [6, 6.07) is 0. The van der Waals surface area contributed by atoms with Gasteiger partial charge in [0.2, 0.25) is 0 Å². The quantitative estimate of drug-likeness (QED) is 0.644. The lowest BCUT2D eigenvalue weighted by atomic mass is 10.0. The number of halogens is 2. The normalized spacial score (nSPS) is 23.1. The molecule has 4 heteroatoms. The van der Waals surface area contributed by atoms with E-state index in [1.54, 1.807) is 0 Å². The molecule has 1 rings (SSSR count). The molecule has 0 saturated heterocycles. The summed E-state index contributed by atoms with van der Waals surface area (Å²) in [6.45, 7) is 0. The Morgan fingerprint density at radius 2 is 1.60 bits per heavy atom. The molecule has 0 aliphatic heterocycles. The smallest absolute Gasteiger partial charge is 0.214 e. The maximum atomic E-state index is 9.28. The van der Waals surface area contributed by atoms with E-state index < -0.39 is 6.19 Å². The maximum absolute atomic E-state index is 9.28. The minimum absolute atomic E-state index is 0.199. The molecule has 1 fully saturated rings. The van der Waals surface area contributed by atoms with E-state index >= 15 is 0 Å². The zero-order valence-electron chi connectivity index (χ0n) is 5.76. The monoisotopic (exact) mass is 201 g/mol. The molecule has 0 bridgehead atoms. The van der Waals surface area contributed by atoms with Gasteiger partial charge in [-0.05, 0) is 25.7 Å². The third kappa shape index (κ3) is 2.54. The predicted molar refractivity (Wildman–Crippen MR) is 47.7 cm³/mol. The minimum atomic E-state index is -2.55. The highest BCUT2D eigenvalue weighted by atomic mass is 35.9. The molecule has 1 aliphatic carbocycles. The van der Waals surface area contributed by atoms with Crippen molar-refractivity contribution >= 4 is 28.7 Å². The number of hydrogen-bond donors (Lipinski definition) is 1. The molecule has 0 amide bonds. The molecule has 1 aliphatic rings. The molecule has 10 heavy (non-hydrogen) atoms. The molecule has 0 aromatic carbocycles. The second-order valence-corrected chi connectivity index (χ2v) is 8.21. The van der Waals surface area contributed by atoms with Gasteiger partial charge >= 0.3 is 6.19 Å². The summed E-state index contributed by atoms with van der Waals surface area (Å²) in [4.78, 5) is 9.28. The van der Waals surface area contributed by atoms with Crippen molar-refractivity contribution in [2.45, 2.75) is 37.8 Å². The summed E-state index contributed by atoms with van der Waals surface area (Å²) in [5.74, 6) is 0. The second kappa shape index (κ2) is 3.58. The van der Waals surface area contributed by atoms with Crippen molar-refractivity contribution in [3.05, 3.63) is 0 Å². The van der Waals surface area contributed by atoms with E-state index in [4.69, 9.17) is 22.5 Å². The average Bonchev–Trinajstić information content (AvgIpc) is 1.88. The lowest BCUT2D eigenvalue weighted by Gasteiger charge is -2.19. The summed E-state index contributed by atoms with van der Waals surface area (Å²) in [5, 5.41) is 0. The highest BCUT2D eigenvalue weighted by Crippen LogP contribution is 2.71. The van der Waals surface area contributed by atoms with E-state index in [0.29, 0.717) is 0 Å². The van der Waals surface area contributed by atoms with Gasteiger partial charge in [0.15, 0.2) is 0 Å². The fraction of sp³-hybridized carbons (Fsp3) is 1.00. The van der Waals surface area contributed by atoms with Crippen LogP contribution < -0.4 is 0 Å². The first-order chi connectivity index (χ1) is 4.61. The molecule has 0 aromatic heterocycles. The molecule has 0 heterocycles. The minimum Gasteiger partial charge on any atom is -0.214 e. The van der Waals surface area contributed by atoms with E-state index in [1.165, 1.54) is 19.3 Å². The van der Waals surface area contributed by atoms with Crippen LogP contribution in [0.3, 0.4) is 0 Å². The fourth-order valence-electron chi connectivity index (χ4n) is 1.39. The van der Waals surface area contributed by atoms with Crippen LogP contribution in [0, 0.1) is 0 Å². The Bertz CT molecular complexity index is 107. The zero-order valence-corrected chi connectivity index (χ0v) is 8.17. The van der Waals surface area contributed by atoms with Crippen LogP contribution in [0.25, 0.3) is 0 Å². The van der Waals surface area contributed by atoms with Gasteiger partial charge in [-0.3, -0.25) is 0 Å². The molecule has 0 unspecified atom stereocenters. The van der Waals surface area contributed by atoms with Crippen molar-refractivity contribution in [2.75, 3.05) is 0 Å². The summed E-state index contributed by atoms with van der Waals surface area (Å²) in [7, 11) is 0. The van der Waals surface area contributed by atoms with E-state index in [0.717, 1.165) is 12.8 Å². The summed E-state index contributed by atoms with van der Waals surface area (Å²) < 4.78 is 0. The Labute approximate surface area is 71.7 Å². The van der Waals surface area contributed by atoms with Crippen LogP contribution in [0.4, 0.5) is 0 Å². The third-order valence-corrected chi connectivity index (χ3v) is 5.07. The van der Waals surface area contributed by atoms with Crippen LogP contribution in [-0.2, 0) is 0 Å². The van der Waals surface area contributed by atoms with Crippen molar-refractivity contribution in [3.63, 3.8) is 0 Å². The van der Waals surface area contributed by atoms with Gasteiger partial charge in [-0.1, -0.05) is 6.42 Å². The Morgan fingerprint density at radius 3 is 1.90 bits per heavy atom. The molecule has 1 saturated carbocycles. The number of rotatable bonds is 1. The molecule has 60 valence electrons. The third-order valence-electron chi connectivity index (χ3n) is 2.01. The Hall–Kier alpha value is 0.970. The van der Waals surface area contributed by atoms with Crippen LogP contribution in [0.2, 0.25) is 0 Å². The lowest BCUT2D eigenvalue weighted by Crippen LogP contribution is -2.11. The SMILES string of the molecule is O[P+](Cl)(Cl)C1CCCCC1. The maximum Gasteiger partial charge on any atom is 0.338 e. The van der Waals surface area contributed by atoms with Crippen molar-refractivity contribution in [2.24, 2.45) is 0 Å². The first-order valence-electron chi connectivity index (χ1n) is 3.61. The molecule has 0 spiro atoms. The topological polar surface area (TPSA) is 20.2 Å². The van der Waals surface area contributed by atoms with Gasteiger partial charge in [-0.25, -0.2) is 4.89 Å². The number of hydrogen-bond acceptors (Lipinski definition) is 1. The lowest BCUT2D eigenvalue weighted by molar-refractivity contribution is 0.487. The van der Waals surface area contributed by atoms with Gasteiger partial charge in [0, 0.05) is 0 Å². The van der Waals surface area contributed by atoms with Crippen LogP contribution in [-0.4, -0.2) is 10.6 Å². The van der Waals surface area contributed by atoms with Crippen LogP contribution in [0.15, 0.2) is 0 Å². The van der Waals surface area contributed by atoms with E-state index in [1.807, 2.05) is 0 Å². The molecule has 1 nitrogen and oxygen atoms in total. The first-order valence-corrected chi connectivity index (χ1v) is 7.23. The summed E-state index contributed by atoms with van der Waals surface area (Å²) in [6.07, 6.45) is 3.09. The van der Waals surface area contributed by atoms with Crippen LogP contribution in [0.5, 0.6) is 0 Å². The zero-order chi connectivity index (χ0) is 7.61. The largest absolute Gasteiger partial charge is 0.338 e. The van der Waals surface area contributed by atoms with Gasteiger partial charge in [-0.2, -0.15) is 0 Å². The van der Waals surface area contributed by atoms with E-state index in [-0.39, 0.29) is 5.66 Å². The first kappa shape index (κ1) is 9.06. The Balaban J connectivity index is 2.39. The highest BCUT2D eigenvalue weighted by molar-refractivity contribution is 8.13.